The Morgan fingerprint density at radius 3 is 2.84 bits per heavy atom. The van der Waals surface area contributed by atoms with Crippen molar-refractivity contribution in [3.05, 3.63) is 29.0 Å². The molecule has 2 rings (SSSR count). The number of aliphatic hydroxyl groups excluding tert-OH is 1. The van der Waals surface area contributed by atoms with Gasteiger partial charge in [-0.1, -0.05) is 11.6 Å². The molecule has 1 aliphatic carbocycles. The normalized spacial score (nSPS) is 15.9. The first-order chi connectivity index (χ1) is 9.04. The van der Waals surface area contributed by atoms with Crippen molar-refractivity contribution >= 4 is 17.5 Å². The molecule has 0 heterocycles. The van der Waals surface area contributed by atoms with E-state index in [1.807, 2.05) is 0 Å². The van der Waals surface area contributed by atoms with Gasteiger partial charge in [0.2, 0.25) is 0 Å². The molecule has 1 amide bonds. The first-order valence-corrected chi connectivity index (χ1v) is 6.38. The van der Waals surface area contributed by atoms with E-state index >= 15 is 0 Å². The third-order valence-electron chi connectivity index (χ3n) is 3.21. The van der Waals surface area contributed by atoms with Gasteiger partial charge in [0, 0.05) is 12.0 Å². The number of amides is 1. The van der Waals surface area contributed by atoms with E-state index in [9.17, 15) is 9.18 Å². The molecule has 6 heteroatoms. The van der Waals surface area contributed by atoms with E-state index in [-0.39, 0.29) is 35.3 Å². The maximum atomic E-state index is 12.8. The highest BCUT2D eigenvalue weighted by atomic mass is 35.5. The van der Waals surface area contributed by atoms with Crippen LogP contribution in [0.5, 0.6) is 5.75 Å². The fraction of sp³-hybridized carbons (Fsp3) is 0.462. The third-order valence-corrected chi connectivity index (χ3v) is 3.50. The summed E-state index contributed by atoms with van der Waals surface area (Å²) >= 11 is 5.77. The van der Waals surface area contributed by atoms with Gasteiger partial charge in [0.25, 0.3) is 5.91 Å². The van der Waals surface area contributed by atoms with E-state index in [0.717, 1.165) is 18.9 Å². The van der Waals surface area contributed by atoms with Gasteiger partial charge in [0.1, 0.15) is 11.6 Å². The Kier molecular flexibility index (Phi) is 4.27. The third kappa shape index (κ3) is 3.81. The quantitative estimate of drug-likeness (QED) is 0.838. The van der Waals surface area contributed by atoms with Crippen LogP contribution in [0.15, 0.2) is 18.2 Å². The molecule has 0 saturated heterocycles. The van der Waals surface area contributed by atoms with Crippen LogP contribution in [-0.4, -0.2) is 30.8 Å². The molecule has 2 N–H and O–H groups in total. The fourth-order valence-corrected chi connectivity index (χ4v) is 1.86. The molecule has 0 aliphatic heterocycles. The summed E-state index contributed by atoms with van der Waals surface area (Å²) in [6.07, 6.45) is 1.85. The standard InChI is InChI=1S/C13H15ClFNO3/c14-10-5-9(15)1-2-11(10)19-6-12(18)16-7-13(8-17)3-4-13/h1-2,5,17H,3-4,6-8H2,(H,16,18). The lowest BCUT2D eigenvalue weighted by Gasteiger charge is -2.13. The highest BCUT2D eigenvalue weighted by Crippen LogP contribution is 2.44. The molecule has 0 unspecified atom stereocenters. The number of carbonyl (C=O) groups excluding carboxylic acids is 1. The molecule has 0 spiro atoms. The zero-order valence-electron chi connectivity index (χ0n) is 10.3. The molecule has 4 nitrogen and oxygen atoms in total. The number of hydrogen-bond donors (Lipinski definition) is 2. The number of hydrogen-bond acceptors (Lipinski definition) is 3. The van der Waals surface area contributed by atoms with E-state index in [1.54, 1.807) is 0 Å². The summed E-state index contributed by atoms with van der Waals surface area (Å²) in [4.78, 5) is 11.6. The van der Waals surface area contributed by atoms with E-state index in [4.69, 9.17) is 21.4 Å². The Hall–Kier alpha value is -1.33. The summed E-state index contributed by atoms with van der Waals surface area (Å²) in [6.45, 7) is 0.341. The van der Waals surface area contributed by atoms with E-state index in [1.165, 1.54) is 12.1 Å². The Morgan fingerprint density at radius 2 is 2.26 bits per heavy atom. The van der Waals surface area contributed by atoms with Crippen molar-refractivity contribution in [2.75, 3.05) is 19.8 Å². The minimum Gasteiger partial charge on any atom is -0.482 e. The number of benzene rings is 1. The van der Waals surface area contributed by atoms with Crippen LogP contribution in [0, 0.1) is 11.2 Å². The SMILES string of the molecule is O=C(COc1ccc(F)cc1Cl)NCC1(CO)CC1. The monoisotopic (exact) mass is 287 g/mol. The van der Waals surface area contributed by atoms with Crippen LogP contribution in [-0.2, 0) is 4.79 Å². The summed E-state index contributed by atoms with van der Waals surface area (Å²) in [6, 6.07) is 3.71. The molecule has 104 valence electrons. The van der Waals surface area contributed by atoms with Crippen molar-refractivity contribution in [2.24, 2.45) is 5.41 Å². The molecule has 0 bridgehead atoms. The average molecular weight is 288 g/mol. The summed E-state index contributed by atoms with van der Waals surface area (Å²) in [5, 5.41) is 11.9. The minimum absolute atomic E-state index is 0.0813. The van der Waals surface area contributed by atoms with Crippen molar-refractivity contribution < 1.29 is 19.0 Å². The van der Waals surface area contributed by atoms with Gasteiger partial charge in [0.15, 0.2) is 6.61 Å². The predicted octanol–water partition coefficient (Wildman–Crippen LogP) is 1.75. The van der Waals surface area contributed by atoms with Gasteiger partial charge in [-0.15, -0.1) is 0 Å². The van der Waals surface area contributed by atoms with Crippen molar-refractivity contribution in [3.8, 4) is 5.75 Å². The van der Waals surface area contributed by atoms with E-state index in [0.29, 0.717) is 6.54 Å². The molecular weight excluding hydrogens is 273 g/mol. The van der Waals surface area contributed by atoms with Gasteiger partial charge >= 0.3 is 0 Å². The second-order valence-corrected chi connectivity index (χ2v) is 5.21. The second-order valence-electron chi connectivity index (χ2n) is 4.80. The van der Waals surface area contributed by atoms with Gasteiger partial charge in [-0.3, -0.25) is 4.79 Å². The molecule has 0 atom stereocenters. The lowest BCUT2D eigenvalue weighted by molar-refractivity contribution is -0.123. The molecule has 0 radical (unpaired) electrons. The van der Waals surface area contributed by atoms with Crippen LogP contribution in [0.3, 0.4) is 0 Å². The lowest BCUT2D eigenvalue weighted by Crippen LogP contribution is -2.35. The zero-order chi connectivity index (χ0) is 13.9. The van der Waals surface area contributed by atoms with Gasteiger partial charge in [-0.25, -0.2) is 4.39 Å². The van der Waals surface area contributed by atoms with Crippen LogP contribution in [0.25, 0.3) is 0 Å². The number of aliphatic hydroxyl groups is 1. The Morgan fingerprint density at radius 1 is 1.53 bits per heavy atom. The van der Waals surface area contributed by atoms with E-state index < -0.39 is 5.82 Å². The zero-order valence-corrected chi connectivity index (χ0v) is 11.0. The van der Waals surface area contributed by atoms with Crippen LogP contribution >= 0.6 is 11.6 Å². The largest absolute Gasteiger partial charge is 0.482 e. The van der Waals surface area contributed by atoms with Crippen molar-refractivity contribution in [3.63, 3.8) is 0 Å². The molecule has 1 aromatic rings. The van der Waals surface area contributed by atoms with Crippen molar-refractivity contribution in [1.29, 1.82) is 0 Å². The number of rotatable bonds is 6. The number of ether oxygens (including phenoxy) is 1. The lowest BCUT2D eigenvalue weighted by atomic mass is 10.1. The Bertz CT molecular complexity index is 477. The summed E-state index contributed by atoms with van der Waals surface area (Å²) in [5.41, 5.74) is -0.136. The molecule has 1 aliphatic rings. The van der Waals surface area contributed by atoms with Crippen LogP contribution in [0.4, 0.5) is 4.39 Å². The summed E-state index contributed by atoms with van der Waals surface area (Å²) in [7, 11) is 0. The van der Waals surface area contributed by atoms with Gasteiger partial charge < -0.3 is 15.2 Å². The molecule has 0 aromatic heterocycles. The molecule has 1 fully saturated rings. The average Bonchev–Trinajstić information content (AvgIpc) is 3.16. The topological polar surface area (TPSA) is 58.6 Å². The van der Waals surface area contributed by atoms with Crippen LogP contribution in [0.1, 0.15) is 12.8 Å². The first-order valence-electron chi connectivity index (χ1n) is 6.00. The number of nitrogens with one attached hydrogen (secondary N) is 1. The van der Waals surface area contributed by atoms with Crippen molar-refractivity contribution in [1.82, 2.24) is 5.32 Å². The second kappa shape index (κ2) is 5.75. The molecule has 19 heavy (non-hydrogen) atoms. The molecular formula is C13H15ClFNO3. The highest BCUT2D eigenvalue weighted by molar-refractivity contribution is 6.32. The van der Waals surface area contributed by atoms with Gasteiger partial charge in [0.05, 0.1) is 11.6 Å². The highest BCUT2D eigenvalue weighted by Gasteiger charge is 2.42. The predicted molar refractivity (Wildman–Crippen MR) is 68.7 cm³/mol. The summed E-state index contributed by atoms with van der Waals surface area (Å²) < 4.78 is 18.0. The van der Waals surface area contributed by atoms with E-state index in [2.05, 4.69) is 5.32 Å². The van der Waals surface area contributed by atoms with Gasteiger partial charge in [-0.2, -0.15) is 0 Å². The summed E-state index contributed by atoms with van der Waals surface area (Å²) in [5.74, 6) is -0.484. The first kappa shape index (κ1) is 14.1. The van der Waals surface area contributed by atoms with Crippen molar-refractivity contribution in [2.45, 2.75) is 12.8 Å². The molecule has 1 aromatic carbocycles. The fourth-order valence-electron chi connectivity index (χ4n) is 1.64. The maximum Gasteiger partial charge on any atom is 0.257 e. The minimum atomic E-state index is -0.458. The van der Waals surface area contributed by atoms with Gasteiger partial charge in [-0.05, 0) is 31.0 Å². The number of halogens is 2. The smallest absolute Gasteiger partial charge is 0.257 e. The number of carbonyl (C=O) groups is 1. The Labute approximate surface area is 115 Å². The van der Waals surface area contributed by atoms with Crippen LogP contribution < -0.4 is 10.1 Å². The Balaban J connectivity index is 1.77. The molecule has 1 saturated carbocycles. The maximum absolute atomic E-state index is 12.8. The van der Waals surface area contributed by atoms with Crippen LogP contribution in [0.2, 0.25) is 5.02 Å².